The number of H-pyrrole nitrogens is 1. The van der Waals surface area contributed by atoms with Gasteiger partial charge in [-0.05, 0) is 19.1 Å². The maximum absolute atomic E-state index is 11.6. The minimum absolute atomic E-state index is 0.0501. The third-order valence-electron chi connectivity index (χ3n) is 2.03. The van der Waals surface area contributed by atoms with Crippen LogP contribution in [0.2, 0.25) is 0 Å². The van der Waals surface area contributed by atoms with Crippen molar-refractivity contribution in [3.05, 3.63) is 35.7 Å². The Hall–Kier alpha value is -2.37. The minimum Gasteiger partial charge on any atom is -0.366 e. The van der Waals surface area contributed by atoms with Gasteiger partial charge in [-0.25, -0.2) is 0 Å². The Morgan fingerprint density at radius 1 is 1.38 bits per heavy atom. The quantitative estimate of drug-likeness (QED) is 0.697. The molecule has 0 fully saturated rings. The number of rotatable bonds is 2. The highest BCUT2D eigenvalue weighted by Gasteiger charge is 2.10. The van der Waals surface area contributed by atoms with E-state index in [2.05, 4.69) is 20.5 Å². The first-order valence-corrected chi connectivity index (χ1v) is 4.71. The predicted octanol–water partition coefficient (Wildman–Crippen LogP) is 0.948. The number of aromatic amines is 1. The molecule has 4 N–H and O–H groups in total. The summed E-state index contributed by atoms with van der Waals surface area (Å²) in [6.07, 6.45) is 0. The molecule has 6 nitrogen and oxygen atoms in total. The molecule has 1 amide bonds. The first-order valence-electron chi connectivity index (χ1n) is 4.71. The number of aryl methyl sites for hydroxylation is 1. The number of benzene rings is 1. The van der Waals surface area contributed by atoms with Crippen molar-refractivity contribution in [2.45, 2.75) is 6.92 Å². The Balaban J connectivity index is 2.10. The fourth-order valence-corrected chi connectivity index (χ4v) is 1.20. The number of nitrogens with one attached hydrogen (secondary N) is 2. The summed E-state index contributed by atoms with van der Waals surface area (Å²) in [6, 6.07) is 7.44. The normalized spacial score (nSPS) is 10.1. The zero-order chi connectivity index (χ0) is 11.5. The van der Waals surface area contributed by atoms with Crippen LogP contribution >= 0.6 is 0 Å². The minimum atomic E-state index is -0.368. The molecule has 6 heteroatoms. The lowest BCUT2D eigenvalue weighted by Gasteiger charge is -2.02. The monoisotopic (exact) mass is 217 g/mol. The molecule has 0 aliphatic heterocycles. The highest BCUT2D eigenvalue weighted by Crippen LogP contribution is 2.09. The zero-order valence-electron chi connectivity index (χ0n) is 8.69. The molecular weight excluding hydrogens is 206 g/mol. The molecule has 0 aliphatic rings. The summed E-state index contributed by atoms with van der Waals surface area (Å²) in [5.74, 6) is -0.222. The predicted molar refractivity (Wildman–Crippen MR) is 59.9 cm³/mol. The van der Waals surface area contributed by atoms with Crippen molar-refractivity contribution >= 4 is 17.5 Å². The van der Waals surface area contributed by atoms with Crippen molar-refractivity contribution in [1.29, 1.82) is 0 Å². The van der Waals surface area contributed by atoms with E-state index in [0.717, 1.165) is 5.56 Å². The molecule has 0 atom stereocenters. The van der Waals surface area contributed by atoms with Gasteiger partial charge in [0.2, 0.25) is 11.8 Å². The topological polar surface area (TPSA) is 96.7 Å². The molecule has 2 rings (SSSR count). The van der Waals surface area contributed by atoms with E-state index in [-0.39, 0.29) is 17.7 Å². The summed E-state index contributed by atoms with van der Waals surface area (Å²) in [4.78, 5) is 15.3. The van der Waals surface area contributed by atoms with Crippen molar-refractivity contribution in [3.8, 4) is 0 Å². The molecular formula is C10H11N5O. The Morgan fingerprint density at radius 3 is 2.62 bits per heavy atom. The third kappa shape index (κ3) is 2.17. The van der Waals surface area contributed by atoms with Crippen LogP contribution in [-0.4, -0.2) is 21.1 Å². The Morgan fingerprint density at radius 2 is 2.06 bits per heavy atom. The average molecular weight is 217 g/mol. The van der Waals surface area contributed by atoms with E-state index in [1.165, 1.54) is 0 Å². The molecule has 1 aromatic heterocycles. The fraction of sp³-hybridized carbons (Fsp3) is 0.100. The number of carbonyl (C=O) groups is 1. The summed E-state index contributed by atoms with van der Waals surface area (Å²) in [5.41, 5.74) is 7.12. The van der Waals surface area contributed by atoms with Gasteiger partial charge in [-0.15, -0.1) is 5.10 Å². The molecule has 0 bridgehead atoms. The number of nitrogens with zero attached hydrogens (tertiary/aromatic N) is 2. The van der Waals surface area contributed by atoms with Crippen LogP contribution in [0.3, 0.4) is 0 Å². The van der Waals surface area contributed by atoms with Crippen LogP contribution in [0.25, 0.3) is 0 Å². The van der Waals surface area contributed by atoms with Gasteiger partial charge in [-0.2, -0.15) is 4.98 Å². The van der Waals surface area contributed by atoms with Crippen LogP contribution in [-0.2, 0) is 0 Å². The molecule has 0 radical (unpaired) electrons. The molecule has 0 aliphatic carbocycles. The summed E-state index contributed by atoms with van der Waals surface area (Å²) >= 11 is 0. The maximum Gasteiger partial charge on any atom is 0.293 e. The van der Waals surface area contributed by atoms with Crippen molar-refractivity contribution in [3.63, 3.8) is 0 Å². The lowest BCUT2D eigenvalue weighted by atomic mass is 10.2. The van der Waals surface area contributed by atoms with E-state index >= 15 is 0 Å². The molecule has 0 saturated carbocycles. The number of nitrogens with two attached hydrogens (primary N) is 1. The molecule has 82 valence electrons. The van der Waals surface area contributed by atoms with E-state index in [4.69, 9.17) is 5.73 Å². The summed E-state index contributed by atoms with van der Waals surface area (Å²) in [5, 5.41) is 8.68. The second-order valence-electron chi connectivity index (χ2n) is 3.36. The van der Waals surface area contributed by atoms with Crippen molar-refractivity contribution in [2.24, 2.45) is 0 Å². The molecule has 2 aromatic rings. The summed E-state index contributed by atoms with van der Waals surface area (Å²) < 4.78 is 0. The largest absolute Gasteiger partial charge is 0.366 e. The van der Waals surface area contributed by atoms with Gasteiger partial charge in [-0.1, -0.05) is 17.7 Å². The van der Waals surface area contributed by atoms with Gasteiger partial charge in [0.15, 0.2) is 0 Å². The van der Waals surface area contributed by atoms with Gasteiger partial charge in [0.25, 0.3) is 5.91 Å². The standard InChI is InChI=1S/C10H11N5O/c1-6-2-4-7(5-3-6)12-9(16)8-13-10(11)15-14-8/h2-5H,1H3,(H,12,16)(H3,11,13,14,15). The van der Waals surface area contributed by atoms with Crippen LogP contribution in [0.15, 0.2) is 24.3 Å². The van der Waals surface area contributed by atoms with Gasteiger partial charge in [0.05, 0.1) is 0 Å². The smallest absolute Gasteiger partial charge is 0.293 e. The first kappa shape index (κ1) is 10.2. The van der Waals surface area contributed by atoms with Crippen molar-refractivity contribution in [1.82, 2.24) is 15.2 Å². The average Bonchev–Trinajstić information content (AvgIpc) is 2.68. The van der Waals surface area contributed by atoms with E-state index in [1.807, 2.05) is 31.2 Å². The number of carbonyl (C=O) groups excluding carboxylic acids is 1. The Kier molecular flexibility index (Phi) is 2.55. The van der Waals surface area contributed by atoms with Crippen LogP contribution in [0, 0.1) is 6.92 Å². The first-order chi connectivity index (χ1) is 7.65. The van der Waals surface area contributed by atoms with Gasteiger partial charge in [0, 0.05) is 5.69 Å². The number of anilines is 2. The van der Waals surface area contributed by atoms with E-state index in [0.29, 0.717) is 5.69 Å². The third-order valence-corrected chi connectivity index (χ3v) is 2.03. The molecule has 16 heavy (non-hydrogen) atoms. The second kappa shape index (κ2) is 4.01. The molecule has 1 aromatic carbocycles. The van der Waals surface area contributed by atoms with E-state index in [9.17, 15) is 4.79 Å². The van der Waals surface area contributed by atoms with Gasteiger partial charge >= 0.3 is 0 Å². The number of amides is 1. The lowest BCUT2D eigenvalue weighted by Crippen LogP contribution is -2.13. The van der Waals surface area contributed by atoms with Crippen molar-refractivity contribution < 1.29 is 4.79 Å². The second-order valence-corrected chi connectivity index (χ2v) is 3.36. The van der Waals surface area contributed by atoms with Crippen LogP contribution in [0.1, 0.15) is 16.2 Å². The number of hydrogen-bond donors (Lipinski definition) is 3. The summed E-state index contributed by atoms with van der Waals surface area (Å²) in [7, 11) is 0. The summed E-state index contributed by atoms with van der Waals surface area (Å²) in [6.45, 7) is 1.97. The van der Waals surface area contributed by atoms with Crippen LogP contribution in [0.4, 0.5) is 11.6 Å². The number of nitrogen functional groups attached to an aromatic ring is 1. The Labute approximate surface area is 91.9 Å². The van der Waals surface area contributed by atoms with Crippen LogP contribution in [0.5, 0.6) is 0 Å². The van der Waals surface area contributed by atoms with E-state index < -0.39 is 0 Å². The van der Waals surface area contributed by atoms with Gasteiger partial charge in [0.1, 0.15) is 0 Å². The molecule has 1 heterocycles. The number of hydrogen-bond acceptors (Lipinski definition) is 4. The highest BCUT2D eigenvalue weighted by molar-refractivity contribution is 6.01. The lowest BCUT2D eigenvalue weighted by molar-refractivity contribution is 0.101. The van der Waals surface area contributed by atoms with Gasteiger partial charge < -0.3 is 11.1 Å². The number of aromatic nitrogens is 3. The van der Waals surface area contributed by atoms with Crippen molar-refractivity contribution in [2.75, 3.05) is 11.1 Å². The fourth-order valence-electron chi connectivity index (χ4n) is 1.20. The maximum atomic E-state index is 11.6. The molecule has 0 saturated heterocycles. The highest BCUT2D eigenvalue weighted by atomic mass is 16.2. The van der Waals surface area contributed by atoms with Gasteiger partial charge in [-0.3, -0.25) is 9.89 Å². The zero-order valence-corrected chi connectivity index (χ0v) is 8.69. The Bertz CT molecular complexity index is 502. The van der Waals surface area contributed by atoms with E-state index in [1.54, 1.807) is 0 Å². The van der Waals surface area contributed by atoms with Crippen LogP contribution < -0.4 is 11.1 Å². The molecule has 0 unspecified atom stereocenters. The SMILES string of the molecule is Cc1ccc(NC(=O)c2nc(N)n[nH]2)cc1. The molecule has 0 spiro atoms.